The van der Waals surface area contributed by atoms with Gasteiger partial charge in [0.05, 0.1) is 9.76 Å². The van der Waals surface area contributed by atoms with E-state index >= 15 is 0 Å². The van der Waals surface area contributed by atoms with Crippen molar-refractivity contribution in [3.63, 3.8) is 0 Å². The minimum Gasteiger partial charge on any atom is -0.432 e. The van der Waals surface area contributed by atoms with Crippen molar-refractivity contribution in [3.8, 4) is 0 Å². The Bertz CT molecular complexity index is 54.3. The lowest BCUT2D eigenvalue weighted by Crippen LogP contribution is -2.27. The highest BCUT2D eigenvalue weighted by molar-refractivity contribution is 7.14. The van der Waals surface area contributed by atoms with E-state index in [1.54, 1.807) is 12.2 Å². The van der Waals surface area contributed by atoms with E-state index in [1.807, 2.05) is 0 Å². The molecule has 0 aliphatic carbocycles. The summed E-state index contributed by atoms with van der Waals surface area (Å²) in [7, 11) is 1.04. The molecule has 0 aromatic rings. The van der Waals surface area contributed by atoms with Crippen LogP contribution < -0.4 is 0 Å². The molecule has 33 valence electrons. The van der Waals surface area contributed by atoms with E-state index in [0.29, 0.717) is 0 Å². The predicted molar refractivity (Wildman–Crippen MR) is 29.8 cm³/mol. The molecule has 0 bridgehead atoms. The fourth-order valence-electron chi connectivity index (χ4n) is 0. The maximum absolute atomic E-state index is 8.76. The number of hydrogen-bond donors (Lipinski definition) is 1. The van der Waals surface area contributed by atoms with Crippen LogP contribution in [0.5, 0.6) is 0 Å². The Kier molecular flexibility index (Phi) is 1.76. The van der Waals surface area contributed by atoms with Gasteiger partial charge < -0.3 is 4.80 Å². The van der Waals surface area contributed by atoms with Crippen molar-refractivity contribution in [2.75, 3.05) is 0 Å². The Morgan fingerprint density at radius 1 is 2.00 bits per heavy atom. The van der Waals surface area contributed by atoms with Crippen LogP contribution >= 0.6 is 0 Å². The van der Waals surface area contributed by atoms with Crippen molar-refractivity contribution in [1.82, 2.24) is 0 Å². The highest BCUT2D eigenvalue weighted by Gasteiger charge is 2.07. The third-order valence-corrected chi connectivity index (χ3v) is 1.80. The van der Waals surface area contributed by atoms with Crippen LogP contribution in [0.15, 0.2) is 12.3 Å². The fraction of sp³-hybridized carbons (Fsp3) is 0.333. The summed E-state index contributed by atoms with van der Waals surface area (Å²) in [6.45, 7) is 5.13. The van der Waals surface area contributed by atoms with Gasteiger partial charge in [-0.05, 0) is 6.55 Å². The van der Waals surface area contributed by atoms with Gasteiger partial charge in [0.1, 0.15) is 0 Å². The summed E-state index contributed by atoms with van der Waals surface area (Å²) < 4.78 is 0. The Morgan fingerprint density at radius 3 is 2.17 bits per heavy atom. The van der Waals surface area contributed by atoms with Crippen molar-refractivity contribution in [2.24, 2.45) is 0 Å². The van der Waals surface area contributed by atoms with E-state index in [9.17, 15) is 0 Å². The maximum atomic E-state index is 8.76. The number of rotatable bonds is 1. The average Bonchev–Trinajstić information content (AvgIpc) is 1.35. The Morgan fingerprint density at radius 2 is 2.17 bits per heavy atom. The molecule has 0 aromatic carbocycles. The highest BCUT2D eigenvalue weighted by Crippen LogP contribution is 1.86. The summed E-state index contributed by atoms with van der Waals surface area (Å²) in [4.78, 5) is 8.76. The Hall–Kier alpha value is 0.134. The third-order valence-electron chi connectivity index (χ3n) is 0.397. The molecule has 0 spiro atoms. The molecule has 0 aliphatic rings. The van der Waals surface area contributed by atoms with E-state index in [1.165, 1.54) is 0 Å². The fourth-order valence-corrected chi connectivity index (χ4v) is 0. The molecule has 1 atom stereocenters. The summed E-state index contributed by atoms with van der Waals surface area (Å²) in [5.74, 6) is 0. The van der Waals surface area contributed by atoms with E-state index in [2.05, 4.69) is 16.3 Å². The van der Waals surface area contributed by atoms with Gasteiger partial charge in [-0.2, -0.15) is 0 Å². The molecule has 0 heterocycles. The smallest absolute Gasteiger partial charge is 0.186 e. The van der Waals surface area contributed by atoms with E-state index in [0.717, 1.165) is 0 Å². The van der Waals surface area contributed by atoms with Crippen LogP contribution in [-0.4, -0.2) is 22.4 Å². The third kappa shape index (κ3) is 4.13. The predicted octanol–water partition coefficient (Wildman–Crippen LogP) is -0.0556. The van der Waals surface area contributed by atoms with Gasteiger partial charge in [-0.1, -0.05) is 5.70 Å². The van der Waals surface area contributed by atoms with Crippen LogP contribution in [0.1, 0.15) is 0 Å². The molecule has 3 radical (unpaired) electrons. The van der Waals surface area contributed by atoms with Crippen molar-refractivity contribution in [1.29, 1.82) is 0 Å². The van der Waals surface area contributed by atoms with Crippen molar-refractivity contribution < 1.29 is 4.80 Å². The first-order chi connectivity index (χ1) is 2.56. The quantitative estimate of drug-likeness (QED) is 0.475. The average molecular weight is 115 g/mol. The van der Waals surface area contributed by atoms with E-state index in [4.69, 9.17) is 4.80 Å². The first kappa shape index (κ1) is 6.13. The van der Waals surface area contributed by atoms with Gasteiger partial charge in [-0.3, -0.25) is 0 Å². The van der Waals surface area contributed by atoms with Crippen LogP contribution in [0, 0.1) is 0 Å². The lowest BCUT2D eigenvalue weighted by molar-refractivity contribution is 0.583. The molecule has 6 heavy (non-hydrogen) atoms. The van der Waals surface area contributed by atoms with Crippen molar-refractivity contribution in [3.05, 3.63) is 12.3 Å². The highest BCUT2D eigenvalue weighted by atomic mass is 29.2. The van der Waals surface area contributed by atoms with Crippen LogP contribution in [0.4, 0.5) is 0 Å². The van der Waals surface area contributed by atoms with E-state index < -0.39 is 7.83 Å². The minimum atomic E-state index is -2.06. The maximum Gasteiger partial charge on any atom is 0.186 e. The first-order valence-electron chi connectivity index (χ1n) is 1.67. The molecule has 3 heteroatoms. The zero-order valence-corrected chi connectivity index (χ0v) is 5.73. The molecule has 1 N–H and O–H groups in total. The SMILES string of the molecule is C=C[Si](C)(O)[Si]. The number of hydrogen-bond acceptors (Lipinski definition) is 1. The van der Waals surface area contributed by atoms with E-state index in [-0.39, 0.29) is 0 Å². The molecule has 0 saturated carbocycles. The van der Waals surface area contributed by atoms with Gasteiger partial charge in [-0.25, -0.2) is 0 Å². The Balaban J connectivity index is 3.45. The van der Waals surface area contributed by atoms with Gasteiger partial charge >= 0.3 is 0 Å². The summed E-state index contributed by atoms with van der Waals surface area (Å²) in [5, 5.41) is 0. The van der Waals surface area contributed by atoms with Crippen LogP contribution in [0.2, 0.25) is 6.55 Å². The largest absolute Gasteiger partial charge is 0.432 e. The lowest BCUT2D eigenvalue weighted by atomic mass is 11.3. The molecule has 1 unspecified atom stereocenters. The minimum absolute atomic E-state index is 1.55. The Labute approximate surface area is 42.0 Å². The summed E-state index contributed by atoms with van der Waals surface area (Å²) in [5.41, 5.74) is 1.55. The molecule has 0 aromatic heterocycles. The molecule has 0 rings (SSSR count). The van der Waals surface area contributed by atoms with Gasteiger partial charge in [0.25, 0.3) is 0 Å². The summed E-state index contributed by atoms with van der Waals surface area (Å²) in [6.07, 6.45) is 0. The van der Waals surface area contributed by atoms with Gasteiger partial charge in [0, 0.05) is 0 Å². The molecular weight excluding hydrogens is 108 g/mol. The molecule has 0 saturated heterocycles. The van der Waals surface area contributed by atoms with Crippen LogP contribution in [0.3, 0.4) is 0 Å². The molecule has 0 amide bonds. The topological polar surface area (TPSA) is 20.2 Å². The second-order valence-electron chi connectivity index (χ2n) is 1.35. The molecular formula is C3H7OSi2. The van der Waals surface area contributed by atoms with Gasteiger partial charge in [-0.15, -0.1) is 6.58 Å². The van der Waals surface area contributed by atoms with Crippen LogP contribution in [0.25, 0.3) is 0 Å². The standard InChI is InChI=1S/C3H7OSi2/c1-3-6(2,4)5/h3-4H,1H2,2H3. The summed E-state index contributed by atoms with van der Waals surface area (Å²) in [6, 6.07) is 0. The molecule has 1 nitrogen and oxygen atoms in total. The summed E-state index contributed by atoms with van der Waals surface area (Å²) >= 11 is 0. The lowest BCUT2D eigenvalue weighted by Gasteiger charge is -2.02. The normalized spacial score (nSPS) is 19.2. The van der Waals surface area contributed by atoms with Crippen LogP contribution in [-0.2, 0) is 0 Å². The second-order valence-corrected chi connectivity index (χ2v) is 7.09. The first-order valence-corrected chi connectivity index (χ1v) is 5.70. The van der Waals surface area contributed by atoms with Crippen molar-refractivity contribution >= 4 is 17.6 Å². The zero-order valence-electron chi connectivity index (χ0n) is 3.73. The van der Waals surface area contributed by atoms with Gasteiger partial charge in [0.15, 0.2) is 7.83 Å². The van der Waals surface area contributed by atoms with Gasteiger partial charge in [0.2, 0.25) is 0 Å². The van der Waals surface area contributed by atoms with Crippen molar-refractivity contribution in [2.45, 2.75) is 6.55 Å². The monoisotopic (exact) mass is 115 g/mol. The molecule has 0 aliphatic heterocycles. The second kappa shape index (κ2) is 1.72. The zero-order chi connectivity index (χ0) is 5.21. The molecule has 0 fully saturated rings.